The van der Waals surface area contributed by atoms with Crippen molar-refractivity contribution >= 4 is 39.1 Å². The highest BCUT2D eigenvalue weighted by Gasteiger charge is 2.32. The molecule has 2 amide bonds. The zero-order valence-corrected chi connectivity index (χ0v) is 27.3. The number of halogens is 2. The molecule has 0 heterocycles. The molecule has 45 heavy (non-hydrogen) atoms. The van der Waals surface area contributed by atoms with E-state index in [2.05, 4.69) is 5.32 Å². The first-order chi connectivity index (χ1) is 21.5. The van der Waals surface area contributed by atoms with Crippen LogP contribution in [0, 0.1) is 5.82 Å². The predicted molar refractivity (Wildman–Crippen MR) is 175 cm³/mol. The molecule has 11 heteroatoms. The van der Waals surface area contributed by atoms with E-state index >= 15 is 0 Å². The van der Waals surface area contributed by atoms with Crippen LogP contribution >= 0.6 is 11.6 Å². The summed E-state index contributed by atoms with van der Waals surface area (Å²) >= 11 is 6.27. The van der Waals surface area contributed by atoms with Crippen molar-refractivity contribution in [3.05, 3.63) is 94.8 Å². The van der Waals surface area contributed by atoms with E-state index in [0.29, 0.717) is 23.4 Å². The third-order valence-corrected chi connectivity index (χ3v) is 9.55. The summed E-state index contributed by atoms with van der Waals surface area (Å²) in [4.78, 5) is 29.5. The molecule has 242 valence electrons. The Labute approximate surface area is 270 Å². The summed E-state index contributed by atoms with van der Waals surface area (Å²) in [5.41, 5.74) is 1.93. The number of hydrogen-bond acceptors (Lipinski definition) is 5. The topological polar surface area (TPSA) is 96.0 Å². The number of carbonyl (C=O) groups excluding carboxylic acids is 2. The van der Waals surface area contributed by atoms with Gasteiger partial charge in [0.25, 0.3) is 0 Å². The number of rotatable bonds is 14. The number of amides is 2. The van der Waals surface area contributed by atoms with Gasteiger partial charge in [-0.05, 0) is 60.7 Å². The summed E-state index contributed by atoms with van der Waals surface area (Å²) in [6.07, 6.45) is 6.59. The lowest BCUT2D eigenvalue weighted by Crippen LogP contribution is -2.52. The minimum Gasteiger partial charge on any atom is -0.495 e. The molecular formula is C34H41ClFN3O5S. The van der Waals surface area contributed by atoms with E-state index < -0.39 is 21.9 Å². The molecule has 3 aromatic rings. The number of carbonyl (C=O) groups is 2. The summed E-state index contributed by atoms with van der Waals surface area (Å²) in [6, 6.07) is 19.3. The molecule has 0 saturated heterocycles. The van der Waals surface area contributed by atoms with Gasteiger partial charge < -0.3 is 15.0 Å². The Morgan fingerprint density at radius 1 is 1.00 bits per heavy atom. The Morgan fingerprint density at radius 3 is 2.31 bits per heavy atom. The third-order valence-electron chi connectivity index (χ3n) is 8.06. The number of nitrogens with zero attached hydrogens (tertiary/aromatic N) is 2. The number of benzene rings is 3. The smallest absolute Gasteiger partial charge is 0.243 e. The van der Waals surface area contributed by atoms with Crippen LogP contribution in [0.5, 0.6) is 5.75 Å². The van der Waals surface area contributed by atoms with Gasteiger partial charge in [-0.3, -0.25) is 13.9 Å². The summed E-state index contributed by atoms with van der Waals surface area (Å²) in [5, 5.41) is 3.46. The van der Waals surface area contributed by atoms with Crippen LogP contribution in [0.1, 0.15) is 56.1 Å². The highest BCUT2D eigenvalue weighted by molar-refractivity contribution is 7.92. The maximum absolute atomic E-state index is 14.0. The maximum atomic E-state index is 14.0. The lowest BCUT2D eigenvalue weighted by molar-refractivity contribution is -0.141. The van der Waals surface area contributed by atoms with Crippen molar-refractivity contribution in [3.8, 4) is 5.75 Å². The standard InChI is InChI=1S/C34H41ClFN3O5S/c1-44-32-20-19-29(23-30(32)35)39(45(2,42)43)21-9-14-33(40)38(24-26-15-17-27(36)18-16-26)31(22-25-10-5-3-6-11-25)34(41)37-28-12-7-4-8-13-28/h3,5-6,10-11,15-20,23,28,31H,4,7-9,12-14,21-22,24H2,1-2H3,(H,37,41)/t31-/m0/s1. The number of ether oxygens (including phenoxy) is 1. The van der Waals surface area contributed by atoms with Crippen LogP contribution < -0.4 is 14.4 Å². The molecule has 8 nitrogen and oxygen atoms in total. The Kier molecular flexibility index (Phi) is 12.2. The van der Waals surface area contributed by atoms with Gasteiger partial charge in [-0.2, -0.15) is 0 Å². The maximum Gasteiger partial charge on any atom is 0.243 e. The van der Waals surface area contributed by atoms with Gasteiger partial charge in [0.15, 0.2) is 0 Å². The minimum atomic E-state index is -3.70. The van der Waals surface area contributed by atoms with Crippen molar-refractivity contribution in [1.29, 1.82) is 0 Å². The Morgan fingerprint density at radius 2 is 1.69 bits per heavy atom. The zero-order chi connectivity index (χ0) is 32.4. The second kappa shape index (κ2) is 16.1. The molecule has 0 radical (unpaired) electrons. The molecule has 1 atom stereocenters. The molecule has 1 aliphatic rings. The predicted octanol–water partition coefficient (Wildman–Crippen LogP) is 6.12. The van der Waals surface area contributed by atoms with Crippen molar-refractivity contribution in [1.82, 2.24) is 10.2 Å². The Hall–Kier alpha value is -3.63. The highest BCUT2D eigenvalue weighted by atomic mass is 35.5. The van der Waals surface area contributed by atoms with Crippen LogP contribution in [0.2, 0.25) is 5.02 Å². The molecule has 0 bridgehead atoms. The average molecular weight is 658 g/mol. The number of sulfonamides is 1. The van der Waals surface area contributed by atoms with Crippen molar-refractivity contribution in [2.75, 3.05) is 24.2 Å². The van der Waals surface area contributed by atoms with Crippen LogP contribution in [0.4, 0.5) is 10.1 Å². The van der Waals surface area contributed by atoms with Gasteiger partial charge in [0.2, 0.25) is 21.8 Å². The molecule has 0 unspecified atom stereocenters. The van der Waals surface area contributed by atoms with E-state index in [4.69, 9.17) is 16.3 Å². The van der Waals surface area contributed by atoms with Crippen molar-refractivity contribution < 1.29 is 27.1 Å². The molecule has 1 aliphatic carbocycles. The number of nitrogens with one attached hydrogen (secondary N) is 1. The van der Waals surface area contributed by atoms with Crippen LogP contribution in [-0.2, 0) is 32.6 Å². The molecule has 1 N–H and O–H groups in total. The number of hydrogen-bond donors (Lipinski definition) is 1. The van der Waals surface area contributed by atoms with Gasteiger partial charge in [-0.15, -0.1) is 0 Å². The molecule has 0 aliphatic heterocycles. The first-order valence-corrected chi connectivity index (χ1v) is 17.5. The second-order valence-corrected chi connectivity index (χ2v) is 13.8. The van der Waals surface area contributed by atoms with Crippen LogP contribution in [0.15, 0.2) is 72.8 Å². The normalized spacial score (nSPS) is 14.4. The van der Waals surface area contributed by atoms with E-state index in [1.807, 2.05) is 30.3 Å². The monoisotopic (exact) mass is 657 g/mol. The van der Waals surface area contributed by atoms with Crippen LogP contribution in [0.25, 0.3) is 0 Å². The van der Waals surface area contributed by atoms with Gasteiger partial charge in [-0.25, -0.2) is 12.8 Å². The lowest BCUT2D eigenvalue weighted by atomic mass is 9.94. The quantitative estimate of drug-likeness (QED) is 0.225. The Balaban J connectivity index is 1.58. The molecule has 0 aromatic heterocycles. The third kappa shape index (κ3) is 9.93. The highest BCUT2D eigenvalue weighted by Crippen LogP contribution is 2.30. The summed E-state index contributed by atoms with van der Waals surface area (Å²) in [5.74, 6) is -0.518. The van der Waals surface area contributed by atoms with Gasteiger partial charge in [0, 0.05) is 32.0 Å². The van der Waals surface area contributed by atoms with E-state index in [0.717, 1.165) is 43.9 Å². The van der Waals surface area contributed by atoms with Crippen molar-refractivity contribution in [2.45, 2.75) is 70.0 Å². The van der Waals surface area contributed by atoms with Crippen LogP contribution in [0.3, 0.4) is 0 Å². The van der Waals surface area contributed by atoms with Gasteiger partial charge >= 0.3 is 0 Å². The number of anilines is 1. The molecular weight excluding hydrogens is 617 g/mol. The van der Waals surface area contributed by atoms with E-state index in [1.54, 1.807) is 29.2 Å². The fraction of sp³-hybridized carbons (Fsp3) is 0.412. The second-order valence-electron chi connectivity index (χ2n) is 11.5. The van der Waals surface area contributed by atoms with Gasteiger partial charge in [-0.1, -0.05) is 73.3 Å². The Bertz CT molecular complexity index is 1530. The molecule has 1 fully saturated rings. The molecule has 3 aromatic carbocycles. The minimum absolute atomic E-state index is 0.0148. The average Bonchev–Trinajstić information content (AvgIpc) is 3.02. The zero-order valence-electron chi connectivity index (χ0n) is 25.8. The SMILES string of the molecule is COc1ccc(N(CCCC(=O)N(Cc2ccc(F)cc2)[C@@H](Cc2ccccc2)C(=O)NC2CCCCC2)S(C)(=O)=O)cc1Cl. The van der Waals surface area contributed by atoms with Crippen molar-refractivity contribution in [3.63, 3.8) is 0 Å². The molecule has 1 saturated carbocycles. The first kappa shape index (κ1) is 34.2. The molecule has 0 spiro atoms. The fourth-order valence-electron chi connectivity index (χ4n) is 5.70. The summed E-state index contributed by atoms with van der Waals surface area (Å²) < 4.78 is 45.6. The number of methoxy groups -OCH3 is 1. The largest absolute Gasteiger partial charge is 0.495 e. The lowest BCUT2D eigenvalue weighted by Gasteiger charge is -2.34. The first-order valence-electron chi connectivity index (χ1n) is 15.2. The fourth-order valence-corrected chi connectivity index (χ4v) is 6.91. The van der Waals surface area contributed by atoms with Crippen LogP contribution in [-0.4, -0.2) is 57.1 Å². The summed E-state index contributed by atoms with van der Waals surface area (Å²) in [6.45, 7) is 0.119. The van der Waals surface area contributed by atoms with Gasteiger partial charge in [0.05, 0.1) is 24.1 Å². The molecule has 4 rings (SSSR count). The van der Waals surface area contributed by atoms with E-state index in [-0.39, 0.29) is 48.8 Å². The van der Waals surface area contributed by atoms with E-state index in [9.17, 15) is 22.4 Å². The van der Waals surface area contributed by atoms with E-state index in [1.165, 1.54) is 29.6 Å². The van der Waals surface area contributed by atoms with Crippen molar-refractivity contribution in [2.24, 2.45) is 0 Å². The summed E-state index contributed by atoms with van der Waals surface area (Å²) in [7, 11) is -2.23. The van der Waals surface area contributed by atoms with Gasteiger partial charge in [0.1, 0.15) is 17.6 Å².